The summed E-state index contributed by atoms with van der Waals surface area (Å²) in [6.07, 6.45) is 5.50. The number of amides is 2. The Morgan fingerprint density at radius 3 is 2.57 bits per heavy atom. The van der Waals surface area contributed by atoms with Gasteiger partial charge in [-0.25, -0.2) is 9.78 Å². The monoisotopic (exact) mass is 428 g/mol. The van der Waals surface area contributed by atoms with Crippen LogP contribution < -0.4 is 15.5 Å². The van der Waals surface area contributed by atoms with Crippen molar-refractivity contribution in [2.45, 2.75) is 25.3 Å². The molecule has 2 aromatic rings. The molecule has 2 aliphatic rings. The van der Waals surface area contributed by atoms with E-state index in [2.05, 4.69) is 54.9 Å². The topological polar surface area (TPSA) is 63.7 Å². The van der Waals surface area contributed by atoms with Crippen molar-refractivity contribution in [1.82, 2.24) is 20.1 Å². The molecule has 2 N–H and O–H groups in total. The third-order valence-corrected chi connectivity index (χ3v) is 6.97. The Balaban J connectivity index is 1.31. The summed E-state index contributed by atoms with van der Waals surface area (Å²) in [4.78, 5) is 25.5. The van der Waals surface area contributed by atoms with Crippen LogP contribution in [0.5, 0.6) is 0 Å². The number of nitrogens with one attached hydrogen (secondary N) is 2. The van der Waals surface area contributed by atoms with Gasteiger partial charge in [-0.15, -0.1) is 11.3 Å². The highest BCUT2D eigenvalue weighted by Crippen LogP contribution is 2.25. The van der Waals surface area contributed by atoms with Crippen LogP contribution in [-0.4, -0.2) is 73.7 Å². The SMILES string of the molecule is CN1CCN(C(CNC(=O)Nc2ccc(N3CCCCC3)nc2)c2cccs2)CC1. The molecule has 7 nitrogen and oxygen atoms in total. The van der Waals surface area contributed by atoms with Crippen molar-refractivity contribution in [3.63, 3.8) is 0 Å². The maximum absolute atomic E-state index is 12.5. The Kier molecular flexibility index (Phi) is 7.20. The van der Waals surface area contributed by atoms with Crippen LogP contribution in [0.3, 0.4) is 0 Å². The molecule has 4 rings (SSSR count). The highest BCUT2D eigenvalue weighted by molar-refractivity contribution is 7.10. The van der Waals surface area contributed by atoms with Crippen LogP contribution in [0, 0.1) is 0 Å². The van der Waals surface area contributed by atoms with Crippen LogP contribution in [0.4, 0.5) is 16.3 Å². The molecule has 0 aromatic carbocycles. The summed E-state index contributed by atoms with van der Waals surface area (Å²) in [5.41, 5.74) is 0.723. The molecule has 2 amide bonds. The van der Waals surface area contributed by atoms with E-state index < -0.39 is 0 Å². The molecule has 2 fully saturated rings. The molecular weight excluding hydrogens is 396 g/mol. The molecule has 1 unspecified atom stereocenters. The van der Waals surface area contributed by atoms with Crippen molar-refractivity contribution >= 4 is 28.9 Å². The molecule has 0 radical (unpaired) electrons. The predicted octanol–water partition coefficient (Wildman–Crippen LogP) is 3.24. The molecular formula is C22H32N6OS. The van der Waals surface area contributed by atoms with Gasteiger partial charge in [0.05, 0.1) is 17.9 Å². The van der Waals surface area contributed by atoms with Gasteiger partial charge in [-0.05, 0) is 49.9 Å². The van der Waals surface area contributed by atoms with Crippen LogP contribution >= 0.6 is 11.3 Å². The van der Waals surface area contributed by atoms with Gasteiger partial charge in [0.15, 0.2) is 0 Å². The zero-order valence-electron chi connectivity index (χ0n) is 17.7. The fraction of sp³-hybridized carbons (Fsp3) is 0.545. The molecule has 4 heterocycles. The molecule has 0 spiro atoms. The van der Waals surface area contributed by atoms with E-state index in [4.69, 9.17) is 0 Å². The van der Waals surface area contributed by atoms with E-state index in [1.165, 1.54) is 24.1 Å². The minimum atomic E-state index is -0.182. The van der Waals surface area contributed by atoms with Crippen molar-refractivity contribution in [2.24, 2.45) is 0 Å². The Bertz CT molecular complexity index is 782. The van der Waals surface area contributed by atoms with Crippen molar-refractivity contribution < 1.29 is 4.79 Å². The van der Waals surface area contributed by atoms with Gasteiger partial charge in [0, 0.05) is 50.7 Å². The lowest BCUT2D eigenvalue weighted by atomic mass is 10.1. The van der Waals surface area contributed by atoms with Gasteiger partial charge >= 0.3 is 6.03 Å². The number of anilines is 2. The molecule has 30 heavy (non-hydrogen) atoms. The molecule has 8 heteroatoms. The molecule has 2 saturated heterocycles. The number of rotatable bonds is 6. The minimum Gasteiger partial charge on any atom is -0.357 e. The molecule has 0 saturated carbocycles. The van der Waals surface area contributed by atoms with Crippen LogP contribution in [0.1, 0.15) is 30.2 Å². The molecule has 162 valence electrons. The summed E-state index contributed by atoms with van der Waals surface area (Å²) < 4.78 is 0. The molecule has 0 bridgehead atoms. The van der Waals surface area contributed by atoms with Gasteiger partial charge < -0.3 is 20.4 Å². The lowest BCUT2D eigenvalue weighted by Crippen LogP contribution is -2.48. The lowest BCUT2D eigenvalue weighted by Gasteiger charge is -2.37. The highest BCUT2D eigenvalue weighted by Gasteiger charge is 2.25. The van der Waals surface area contributed by atoms with Crippen LogP contribution in [0.2, 0.25) is 0 Å². The van der Waals surface area contributed by atoms with E-state index >= 15 is 0 Å². The standard InChI is InChI=1S/C22H32N6OS/c1-26-11-13-27(14-12-26)19(20-6-5-15-30-20)17-24-22(29)25-18-7-8-21(23-16-18)28-9-3-2-4-10-28/h5-8,15-16,19H,2-4,9-14,17H2,1H3,(H2,24,25,29). The largest absolute Gasteiger partial charge is 0.357 e. The number of hydrogen-bond acceptors (Lipinski definition) is 6. The summed E-state index contributed by atoms with van der Waals surface area (Å²) in [5.74, 6) is 0.994. The normalized spacial score (nSPS) is 19.4. The molecule has 0 aliphatic carbocycles. The Morgan fingerprint density at radius 1 is 1.10 bits per heavy atom. The molecule has 2 aliphatic heterocycles. The number of aromatic nitrogens is 1. The first-order valence-electron chi connectivity index (χ1n) is 10.9. The van der Waals surface area contributed by atoms with Crippen molar-refractivity contribution in [1.29, 1.82) is 0 Å². The summed E-state index contributed by atoms with van der Waals surface area (Å²) in [6.45, 7) is 6.88. The Morgan fingerprint density at radius 2 is 1.90 bits per heavy atom. The number of pyridine rings is 1. The van der Waals surface area contributed by atoms with Crippen molar-refractivity contribution in [3.05, 3.63) is 40.7 Å². The zero-order valence-corrected chi connectivity index (χ0v) is 18.5. The average molecular weight is 429 g/mol. The number of piperidine rings is 1. The predicted molar refractivity (Wildman–Crippen MR) is 123 cm³/mol. The maximum atomic E-state index is 12.5. The first-order chi connectivity index (χ1) is 14.7. The van der Waals surface area contributed by atoms with Gasteiger partial charge in [-0.3, -0.25) is 4.90 Å². The highest BCUT2D eigenvalue weighted by atomic mass is 32.1. The number of hydrogen-bond donors (Lipinski definition) is 2. The molecule has 2 aromatic heterocycles. The van der Waals surface area contributed by atoms with Crippen molar-refractivity contribution in [2.75, 3.05) is 63.1 Å². The number of nitrogens with zero attached hydrogens (tertiary/aromatic N) is 4. The second-order valence-corrected chi connectivity index (χ2v) is 9.14. The van der Waals surface area contributed by atoms with E-state index in [9.17, 15) is 4.79 Å². The first kappa shape index (κ1) is 21.1. The number of thiophene rings is 1. The molecule has 1 atom stereocenters. The van der Waals surface area contributed by atoms with Gasteiger partial charge in [-0.1, -0.05) is 6.07 Å². The summed E-state index contributed by atoms with van der Waals surface area (Å²) in [5, 5.41) is 8.10. The third kappa shape index (κ3) is 5.50. The van der Waals surface area contributed by atoms with Gasteiger partial charge in [0.2, 0.25) is 0 Å². The van der Waals surface area contributed by atoms with E-state index in [0.29, 0.717) is 6.54 Å². The van der Waals surface area contributed by atoms with E-state index in [1.807, 2.05) is 12.1 Å². The first-order valence-corrected chi connectivity index (χ1v) is 11.8. The fourth-order valence-electron chi connectivity index (χ4n) is 4.16. The number of likely N-dealkylation sites (N-methyl/N-ethyl adjacent to an activating group) is 1. The average Bonchev–Trinajstić information content (AvgIpc) is 3.31. The maximum Gasteiger partial charge on any atom is 0.319 e. The van der Waals surface area contributed by atoms with E-state index in [-0.39, 0.29) is 12.1 Å². The fourth-order valence-corrected chi connectivity index (χ4v) is 5.02. The van der Waals surface area contributed by atoms with Crippen LogP contribution in [0.25, 0.3) is 0 Å². The van der Waals surface area contributed by atoms with Gasteiger partial charge in [-0.2, -0.15) is 0 Å². The second kappa shape index (κ2) is 10.2. The second-order valence-electron chi connectivity index (χ2n) is 8.16. The van der Waals surface area contributed by atoms with Crippen LogP contribution in [-0.2, 0) is 0 Å². The number of carbonyl (C=O) groups excluding carboxylic acids is 1. The van der Waals surface area contributed by atoms with Gasteiger partial charge in [0.1, 0.15) is 5.82 Å². The quantitative estimate of drug-likeness (QED) is 0.740. The van der Waals surface area contributed by atoms with E-state index in [1.54, 1.807) is 17.5 Å². The number of carbonyl (C=O) groups is 1. The smallest absolute Gasteiger partial charge is 0.319 e. The third-order valence-electron chi connectivity index (χ3n) is 5.99. The Labute approximate surface area is 183 Å². The van der Waals surface area contributed by atoms with Gasteiger partial charge in [0.25, 0.3) is 0 Å². The summed E-state index contributed by atoms with van der Waals surface area (Å²) in [6, 6.07) is 8.21. The number of urea groups is 1. The van der Waals surface area contributed by atoms with Crippen molar-refractivity contribution in [3.8, 4) is 0 Å². The summed E-state index contributed by atoms with van der Waals surface area (Å²) >= 11 is 1.75. The minimum absolute atomic E-state index is 0.182. The lowest BCUT2D eigenvalue weighted by molar-refractivity contribution is 0.113. The number of piperazine rings is 1. The van der Waals surface area contributed by atoms with E-state index in [0.717, 1.165) is 50.8 Å². The van der Waals surface area contributed by atoms with Crippen LogP contribution in [0.15, 0.2) is 35.8 Å². The summed E-state index contributed by atoms with van der Waals surface area (Å²) in [7, 11) is 2.16. The Hall–Kier alpha value is -2.16. The zero-order chi connectivity index (χ0) is 20.8.